The van der Waals surface area contributed by atoms with Crippen LogP contribution in [0.3, 0.4) is 0 Å². The lowest BCUT2D eigenvalue weighted by molar-refractivity contribution is 0.196. The molecule has 1 aliphatic rings. The van der Waals surface area contributed by atoms with Gasteiger partial charge in [-0.2, -0.15) is 9.61 Å². The van der Waals surface area contributed by atoms with E-state index >= 15 is 0 Å². The summed E-state index contributed by atoms with van der Waals surface area (Å²) in [5.41, 5.74) is 2.64. The molecule has 1 fully saturated rings. The molecule has 0 spiro atoms. The number of likely N-dealkylation sites (tertiary alicyclic amines) is 1. The molecule has 3 aromatic rings. The Morgan fingerprint density at radius 1 is 1.16 bits per heavy atom. The lowest BCUT2D eigenvalue weighted by Crippen LogP contribution is -2.35. The standard InChI is InChI=1S/C17H21N7O/c1-12-3-4-15-19-20-17(24(15)21-12)13-5-7-23(8-6-13)11-14-9-18-10-16(25)22(14)2/h3-4,9-10,13H,5-8,11H2,1-2H3. The average Bonchev–Trinajstić information content (AvgIpc) is 3.03. The number of piperidine rings is 1. The summed E-state index contributed by atoms with van der Waals surface area (Å²) in [5.74, 6) is 1.31. The van der Waals surface area contributed by atoms with Crippen LogP contribution in [-0.2, 0) is 13.6 Å². The van der Waals surface area contributed by atoms with Gasteiger partial charge in [-0.15, -0.1) is 10.2 Å². The molecule has 0 saturated carbocycles. The lowest BCUT2D eigenvalue weighted by Gasteiger charge is -2.31. The summed E-state index contributed by atoms with van der Waals surface area (Å²) < 4.78 is 3.54. The Labute approximate surface area is 145 Å². The van der Waals surface area contributed by atoms with Gasteiger partial charge in [0, 0.05) is 25.7 Å². The Morgan fingerprint density at radius 3 is 2.76 bits per heavy atom. The van der Waals surface area contributed by atoms with Crippen LogP contribution in [0.4, 0.5) is 0 Å². The van der Waals surface area contributed by atoms with E-state index in [1.54, 1.807) is 17.8 Å². The van der Waals surface area contributed by atoms with E-state index in [1.165, 1.54) is 6.20 Å². The first-order valence-corrected chi connectivity index (χ1v) is 8.53. The number of aryl methyl sites for hydroxylation is 1. The van der Waals surface area contributed by atoms with Gasteiger partial charge < -0.3 is 4.57 Å². The van der Waals surface area contributed by atoms with Crippen molar-refractivity contribution in [3.63, 3.8) is 0 Å². The molecule has 4 heterocycles. The van der Waals surface area contributed by atoms with Crippen molar-refractivity contribution < 1.29 is 0 Å². The molecule has 8 heteroatoms. The predicted molar refractivity (Wildman–Crippen MR) is 92.2 cm³/mol. The molecule has 0 radical (unpaired) electrons. The third kappa shape index (κ3) is 3.05. The Kier molecular flexibility index (Phi) is 4.04. The maximum atomic E-state index is 11.7. The fourth-order valence-electron chi connectivity index (χ4n) is 3.38. The van der Waals surface area contributed by atoms with Crippen LogP contribution in [0.25, 0.3) is 5.65 Å². The van der Waals surface area contributed by atoms with Crippen molar-refractivity contribution >= 4 is 5.65 Å². The molecule has 0 bridgehead atoms. The molecular weight excluding hydrogens is 318 g/mol. The fraction of sp³-hybridized carbons (Fsp3) is 0.471. The van der Waals surface area contributed by atoms with Gasteiger partial charge in [0.25, 0.3) is 5.56 Å². The minimum atomic E-state index is -0.0660. The molecule has 25 heavy (non-hydrogen) atoms. The molecule has 0 amide bonds. The Hall–Kier alpha value is -2.61. The second-order valence-electron chi connectivity index (χ2n) is 6.65. The SMILES string of the molecule is Cc1ccc2nnc(C3CCN(Cc4cncc(=O)n4C)CC3)n2n1. The quantitative estimate of drug-likeness (QED) is 0.705. The number of aromatic nitrogens is 6. The van der Waals surface area contributed by atoms with Crippen molar-refractivity contribution in [2.75, 3.05) is 13.1 Å². The second-order valence-corrected chi connectivity index (χ2v) is 6.65. The first-order valence-electron chi connectivity index (χ1n) is 8.53. The van der Waals surface area contributed by atoms with Gasteiger partial charge in [-0.05, 0) is 45.0 Å². The zero-order chi connectivity index (χ0) is 17.4. The maximum Gasteiger partial charge on any atom is 0.268 e. The van der Waals surface area contributed by atoms with Gasteiger partial charge in [0.15, 0.2) is 11.5 Å². The van der Waals surface area contributed by atoms with Crippen molar-refractivity contribution in [1.29, 1.82) is 0 Å². The van der Waals surface area contributed by atoms with E-state index in [0.29, 0.717) is 5.92 Å². The van der Waals surface area contributed by atoms with Crippen LogP contribution >= 0.6 is 0 Å². The average molecular weight is 339 g/mol. The summed E-state index contributed by atoms with van der Waals surface area (Å²) in [6, 6.07) is 3.91. The van der Waals surface area contributed by atoms with Crippen LogP contribution in [0.5, 0.6) is 0 Å². The van der Waals surface area contributed by atoms with Crippen molar-refractivity contribution in [1.82, 2.24) is 34.3 Å². The molecular formula is C17H21N7O. The van der Waals surface area contributed by atoms with E-state index < -0.39 is 0 Å². The zero-order valence-corrected chi connectivity index (χ0v) is 14.5. The van der Waals surface area contributed by atoms with Crippen LogP contribution in [0.15, 0.2) is 29.3 Å². The van der Waals surface area contributed by atoms with Crippen LogP contribution in [0.1, 0.15) is 36.0 Å². The van der Waals surface area contributed by atoms with Crippen LogP contribution in [-0.4, -0.2) is 47.4 Å². The topological polar surface area (TPSA) is 81.2 Å². The highest BCUT2D eigenvalue weighted by atomic mass is 16.1. The molecule has 0 N–H and O–H groups in total. The van der Waals surface area contributed by atoms with E-state index in [0.717, 1.165) is 55.3 Å². The molecule has 4 rings (SSSR count). The second kappa shape index (κ2) is 6.36. The number of rotatable bonds is 3. The highest BCUT2D eigenvalue weighted by Crippen LogP contribution is 2.27. The molecule has 130 valence electrons. The molecule has 0 atom stereocenters. The number of fused-ring (bicyclic) bond motifs is 1. The fourth-order valence-corrected chi connectivity index (χ4v) is 3.38. The number of hydrogen-bond acceptors (Lipinski definition) is 6. The highest BCUT2D eigenvalue weighted by molar-refractivity contribution is 5.36. The summed E-state index contributed by atoms with van der Waals surface area (Å²) in [5, 5.41) is 13.2. The smallest absolute Gasteiger partial charge is 0.268 e. The monoisotopic (exact) mass is 339 g/mol. The third-order valence-corrected chi connectivity index (χ3v) is 4.93. The van der Waals surface area contributed by atoms with E-state index in [-0.39, 0.29) is 5.56 Å². The third-order valence-electron chi connectivity index (χ3n) is 4.93. The van der Waals surface area contributed by atoms with E-state index in [9.17, 15) is 4.79 Å². The summed E-state index contributed by atoms with van der Waals surface area (Å²) in [4.78, 5) is 18.1. The van der Waals surface area contributed by atoms with E-state index in [1.807, 2.05) is 23.6 Å². The summed E-state index contributed by atoms with van der Waals surface area (Å²) >= 11 is 0. The normalized spacial score (nSPS) is 16.6. The summed E-state index contributed by atoms with van der Waals surface area (Å²) in [7, 11) is 1.79. The van der Waals surface area contributed by atoms with Gasteiger partial charge in [-0.3, -0.25) is 14.7 Å². The maximum absolute atomic E-state index is 11.7. The van der Waals surface area contributed by atoms with Crippen LogP contribution in [0, 0.1) is 6.92 Å². The summed E-state index contributed by atoms with van der Waals surface area (Å²) in [6.45, 7) is 4.62. The molecule has 0 aromatic carbocycles. The first-order chi connectivity index (χ1) is 12.1. The van der Waals surface area contributed by atoms with Crippen LogP contribution < -0.4 is 5.56 Å². The van der Waals surface area contributed by atoms with Gasteiger partial charge in [0.05, 0.1) is 17.6 Å². The minimum absolute atomic E-state index is 0.0660. The summed E-state index contributed by atoms with van der Waals surface area (Å²) in [6.07, 6.45) is 5.13. The van der Waals surface area contributed by atoms with E-state index in [4.69, 9.17) is 0 Å². The molecule has 1 saturated heterocycles. The van der Waals surface area contributed by atoms with Crippen molar-refractivity contribution in [3.8, 4) is 0 Å². The van der Waals surface area contributed by atoms with E-state index in [2.05, 4.69) is 25.2 Å². The van der Waals surface area contributed by atoms with Crippen molar-refractivity contribution in [3.05, 3.63) is 52.1 Å². The largest absolute Gasteiger partial charge is 0.312 e. The molecule has 0 unspecified atom stereocenters. The molecule has 0 aliphatic carbocycles. The Balaban J connectivity index is 1.47. The van der Waals surface area contributed by atoms with Gasteiger partial charge in [0.2, 0.25) is 0 Å². The highest BCUT2D eigenvalue weighted by Gasteiger charge is 2.25. The Morgan fingerprint density at radius 2 is 1.96 bits per heavy atom. The zero-order valence-electron chi connectivity index (χ0n) is 14.5. The van der Waals surface area contributed by atoms with Gasteiger partial charge in [0.1, 0.15) is 0 Å². The van der Waals surface area contributed by atoms with Gasteiger partial charge in [-0.25, -0.2) is 0 Å². The van der Waals surface area contributed by atoms with Gasteiger partial charge in [-0.1, -0.05) is 0 Å². The van der Waals surface area contributed by atoms with Gasteiger partial charge >= 0.3 is 0 Å². The number of hydrogen-bond donors (Lipinski definition) is 0. The lowest BCUT2D eigenvalue weighted by atomic mass is 9.96. The molecule has 8 nitrogen and oxygen atoms in total. The molecule has 3 aromatic heterocycles. The van der Waals surface area contributed by atoms with Crippen molar-refractivity contribution in [2.45, 2.75) is 32.2 Å². The Bertz CT molecular complexity index is 953. The minimum Gasteiger partial charge on any atom is -0.312 e. The molecule has 1 aliphatic heterocycles. The first kappa shape index (κ1) is 15.9. The predicted octanol–water partition coefficient (Wildman–Crippen LogP) is 0.906. The van der Waals surface area contributed by atoms with Crippen molar-refractivity contribution in [2.24, 2.45) is 7.05 Å². The van der Waals surface area contributed by atoms with Crippen LogP contribution in [0.2, 0.25) is 0 Å². The number of nitrogens with zero attached hydrogens (tertiary/aromatic N) is 7.